The summed E-state index contributed by atoms with van der Waals surface area (Å²) in [5.41, 5.74) is 2.75. The van der Waals surface area contributed by atoms with Crippen LogP contribution >= 0.6 is 0 Å². The minimum atomic E-state index is -1.22. The second-order valence-electron chi connectivity index (χ2n) is 9.51. The molecule has 5 N–H and O–H groups in total. The maximum Gasteiger partial charge on any atom is 0.252 e. The number of nitrogens with one attached hydrogen (secondary N) is 4. The summed E-state index contributed by atoms with van der Waals surface area (Å²) in [6.45, 7) is 3.43. The number of hydrogen-bond donors (Lipinski definition) is 5. The van der Waals surface area contributed by atoms with Gasteiger partial charge in [0.05, 0.1) is 25.6 Å². The zero-order valence-corrected chi connectivity index (χ0v) is 22.0. The van der Waals surface area contributed by atoms with Gasteiger partial charge in [0.15, 0.2) is 0 Å². The van der Waals surface area contributed by atoms with Crippen LogP contribution in [0, 0.1) is 6.92 Å². The number of aromatic amines is 1. The summed E-state index contributed by atoms with van der Waals surface area (Å²) in [5, 5.41) is 19.1. The van der Waals surface area contributed by atoms with E-state index in [0.717, 1.165) is 22.0 Å². The van der Waals surface area contributed by atoms with Gasteiger partial charge in [0.1, 0.15) is 18.4 Å². The van der Waals surface area contributed by atoms with Crippen LogP contribution < -0.4 is 20.7 Å². The monoisotopic (exact) mass is 535 g/mol. The molecule has 0 unspecified atom stereocenters. The Labute approximate surface area is 225 Å². The number of ether oxygens (including phenoxy) is 1. The number of hydrogen-bond acceptors (Lipinski definition) is 6. The fourth-order valence-electron chi connectivity index (χ4n) is 4.38. The highest BCUT2D eigenvalue weighted by atomic mass is 16.5. The lowest BCUT2D eigenvalue weighted by atomic mass is 10.1. The molecule has 39 heavy (non-hydrogen) atoms. The summed E-state index contributed by atoms with van der Waals surface area (Å²) in [4.78, 5) is 56.2. The molecule has 11 nitrogen and oxygen atoms in total. The van der Waals surface area contributed by atoms with E-state index in [4.69, 9.17) is 4.74 Å². The minimum Gasteiger partial charge on any atom is -0.491 e. The van der Waals surface area contributed by atoms with E-state index >= 15 is 0 Å². The van der Waals surface area contributed by atoms with E-state index in [2.05, 4.69) is 20.9 Å². The van der Waals surface area contributed by atoms with Gasteiger partial charge in [-0.2, -0.15) is 0 Å². The molecule has 3 aromatic rings. The Morgan fingerprint density at radius 1 is 1.13 bits per heavy atom. The van der Waals surface area contributed by atoms with Crippen LogP contribution in [0.15, 0.2) is 48.7 Å². The Morgan fingerprint density at radius 3 is 2.72 bits per heavy atom. The number of aromatic nitrogens is 1. The topological polar surface area (TPSA) is 153 Å². The molecular formula is C28H33N5O6. The Balaban J connectivity index is 1.52. The molecular weight excluding hydrogens is 502 g/mol. The van der Waals surface area contributed by atoms with Gasteiger partial charge in [-0.25, -0.2) is 0 Å². The molecule has 1 aromatic heterocycles. The molecule has 0 fully saturated rings. The summed E-state index contributed by atoms with van der Waals surface area (Å²) in [7, 11) is 0. The molecule has 11 heteroatoms. The standard InChI is InChI=1S/C28H33N5O6/c1-17-7-8-19-13-23(17)39-12-10-29-24(35)16-33(11-9-30-28(38)26(18(2)34)32-27(19)37)25(36)14-20-15-31-22-6-4-3-5-21(20)22/h3-8,13,15,18,26,31,34H,9-12,14,16H2,1-2H3,(H,29,35)(H,30,38)(H,32,37)/t18-,26+/m1/s1. The number of fused-ring (bicyclic) bond motifs is 3. The van der Waals surface area contributed by atoms with Gasteiger partial charge in [0.2, 0.25) is 17.7 Å². The van der Waals surface area contributed by atoms with Crippen molar-refractivity contribution in [1.29, 1.82) is 0 Å². The first-order valence-electron chi connectivity index (χ1n) is 12.8. The number of H-pyrrole nitrogens is 1. The Bertz CT molecular complexity index is 1370. The summed E-state index contributed by atoms with van der Waals surface area (Å²) < 4.78 is 5.77. The number of rotatable bonds is 3. The van der Waals surface area contributed by atoms with Crippen molar-refractivity contribution in [1.82, 2.24) is 25.8 Å². The third-order valence-electron chi connectivity index (χ3n) is 6.57. The van der Waals surface area contributed by atoms with Crippen LogP contribution in [0.3, 0.4) is 0 Å². The second kappa shape index (κ2) is 12.4. The smallest absolute Gasteiger partial charge is 0.252 e. The molecule has 0 spiro atoms. The largest absolute Gasteiger partial charge is 0.491 e. The van der Waals surface area contributed by atoms with Crippen LogP contribution in [0.4, 0.5) is 0 Å². The number of amides is 4. The number of aliphatic hydroxyl groups is 1. The highest BCUT2D eigenvalue weighted by Crippen LogP contribution is 2.20. The van der Waals surface area contributed by atoms with E-state index in [9.17, 15) is 24.3 Å². The lowest BCUT2D eigenvalue weighted by Gasteiger charge is -2.24. The van der Waals surface area contributed by atoms with E-state index in [1.165, 1.54) is 11.8 Å². The summed E-state index contributed by atoms with van der Waals surface area (Å²) in [6.07, 6.45) is 0.659. The molecule has 2 bridgehead atoms. The second-order valence-corrected chi connectivity index (χ2v) is 9.51. The van der Waals surface area contributed by atoms with Gasteiger partial charge in [-0.15, -0.1) is 0 Å². The molecule has 2 heterocycles. The molecule has 2 aromatic carbocycles. The number of nitrogens with zero attached hydrogens (tertiary/aromatic N) is 1. The quantitative estimate of drug-likeness (QED) is 0.332. The number of benzene rings is 2. The van der Waals surface area contributed by atoms with Crippen molar-refractivity contribution in [2.75, 3.05) is 32.8 Å². The van der Waals surface area contributed by atoms with Crippen molar-refractivity contribution in [3.8, 4) is 5.75 Å². The third-order valence-corrected chi connectivity index (χ3v) is 6.57. The third kappa shape index (κ3) is 6.94. The van der Waals surface area contributed by atoms with Crippen molar-refractivity contribution in [2.24, 2.45) is 0 Å². The lowest BCUT2D eigenvalue weighted by Crippen LogP contribution is -2.53. The van der Waals surface area contributed by atoms with Crippen LogP contribution in [0.5, 0.6) is 5.75 Å². The van der Waals surface area contributed by atoms with Crippen molar-refractivity contribution in [3.05, 3.63) is 65.4 Å². The lowest BCUT2D eigenvalue weighted by molar-refractivity contribution is -0.135. The molecule has 4 amide bonds. The predicted octanol–water partition coefficient (Wildman–Crippen LogP) is 0.652. The van der Waals surface area contributed by atoms with Gasteiger partial charge < -0.3 is 35.7 Å². The van der Waals surface area contributed by atoms with Crippen molar-refractivity contribution in [2.45, 2.75) is 32.4 Å². The van der Waals surface area contributed by atoms with Gasteiger partial charge in [-0.1, -0.05) is 24.3 Å². The number of aliphatic hydroxyl groups excluding tert-OH is 1. The van der Waals surface area contributed by atoms with Crippen molar-refractivity contribution < 1.29 is 29.0 Å². The maximum absolute atomic E-state index is 13.3. The minimum absolute atomic E-state index is 0.0165. The van der Waals surface area contributed by atoms with Crippen LogP contribution in [0.1, 0.15) is 28.4 Å². The summed E-state index contributed by atoms with van der Waals surface area (Å²) in [5.74, 6) is -1.36. The number of carbonyl (C=O) groups excluding carboxylic acids is 4. The highest BCUT2D eigenvalue weighted by Gasteiger charge is 2.27. The fourth-order valence-corrected chi connectivity index (χ4v) is 4.38. The van der Waals surface area contributed by atoms with E-state index in [1.807, 2.05) is 31.2 Å². The maximum atomic E-state index is 13.3. The zero-order chi connectivity index (χ0) is 27.9. The van der Waals surface area contributed by atoms with Crippen LogP contribution in [-0.2, 0) is 20.8 Å². The fraction of sp³-hybridized carbons (Fsp3) is 0.357. The first-order valence-corrected chi connectivity index (χ1v) is 12.8. The van der Waals surface area contributed by atoms with E-state index in [1.54, 1.807) is 24.4 Å². The first kappa shape index (κ1) is 27.6. The number of aryl methyl sites for hydroxylation is 1. The number of para-hydroxylation sites is 1. The number of carbonyl (C=O) groups is 4. The zero-order valence-electron chi connectivity index (χ0n) is 22.0. The molecule has 2 atom stereocenters. The van der Waals surface area contributed by atoms with Crippen molar-refractivity contribution >= 4 is 34.5 Å². The van der Waals surface area contributed by atoms with Gasteiger partial charge in [0.25, 0.3) is 5.91 Å². The molecule has 0 aliphatic carbocycles. The molecule has 1 aliphatic rings. The molecule has 0 saturated heterocycles. The summed E-state index contributed by atoms with van der Waals surface area (Å²) >= 11 is 0. The van der Waals surface area contributed by atoms with Crippen LogP contribution in [0.25, 0.3) is 10.9 Å². The average molecular weight is 536 g/mol. The molecule has 206 valence electrons. The predicted molar refractivity (Wildman–Crippen MR) is 144 cm³/mol. The van der Waals surface area contributed by atoms with E-state index in [0.29, 0.717) is 5.75 Å². The molecule has 0 radical (unpaired) electrons. The Kier molecular flexibility index (Phi) is 8.82. The molecule has 1 aliphatic heterocycles. The summed E-state index contributed by atoms with van der Waals surface area (Å²) in [6, 6.07) is 11.3. The van der Waals surface area contributed by atoms with Crippen molar-refractivity contribution in [3.63, 3.8) is 0 Å². The van der Waals surface area contributed by atoms with Gasteiger partial charge in [-0.05, 0) is 43.2 Å². The van der Waals surface area contributed by atoms with Crippen LogP contribution in [0.2, 0.25) is 0 Å². The Morgan fingerprint density at radius 2 is 1.92 bits per heavy atom. The van der Waals surface area contributed by atoms with Gasteiger partial charge in [0, 0.05) is 35.8 Å². The van der Waals surface area contributed by atoms with Crippen LogP contribution in [-0.4, -0.2) is 83.6 Å². The first-order chi connectivity index (χ1) is 18.7. The normalized spacial score (nSPS) is 18.4. The molecule has 0 saturated carbocycles. The Hall–Kier alpha value is -4.38. The van der Waals surface area contributed by atoms with Gasteiger partial charge >= 0.3 is 0 Å². The average Bonchev–Trinajstić information content (AvgIpc) is 3.31. The highest BCUT2D eigenvalue weighted by molar-refractivity contribution is 5.98. The van der Waals surface area contributed by atoms with E-state index < -0.39 is 24.0 Å². The SMILES string of the molecule is Cc1ccc2cc1OCCNC(=O)CN(C(=O)Cc1c[nH]c3ccccc13)CCNC(=O)[C@H]([C@@H](C)O)NC2=O. The molecule has 4 rings (SSSR count). The van der Waals surface area contributed by atoms with E-state index in [-0.39, 0.29) is 56.6 Å². The van der Waals surface area contributed by atoms with Gasteiger partial charge in [-0.3, -0.25) is 19.2 Å².